The molecule has 0 N–H and O–H groups in total. The number of unbranched alkanes of at least 4 members (excludes halogenated alkanes) is 20. The molecular formula is C50H86O6. The molecule has 0 rings (SSSR count). The molecule has 0 bridgehead atoms. The fourth-order valence-electron chi connectivity index (χ4n) is 6.25. The van der Waals surface area contributed by atoms with Gasteiger partial charge in [-0.15, -0.1) is 0 Å². The maximum Gasteiger partial charge on any atom is 0.306 e. The van der Waals surface area contributed by atoms with Gasteiger partial charge in [-0.05, 0) is 83.5 Å². The SMILES string of the molecule is CC/C=C\C/C=C\C/C=C\C/C=C\CCCCCCC(=O)OCC(COC(=O)CCCCCCCC)OC(=O)CCCCCCC/C=C\CCCCCCCC. The van der Waals surface area contributed by atoms with Crippen LogP contribution in [-0.4, -0.2) is 37.2 Å². The van der Waals surface area contributed by atoms with Crippen molar-refractivity contribution in [3.05, 3.63) is 60.8 Å². The molecule has 0 saturated heterocycles. The number of carbonyl (C=O) groups excluding carboxylic acids is 3. The van der Waals surface area contributed by atoms with E-state index in [1.807, 2.05) is 0 Å². The summed E-state index contributed by atoms with van der Waals surface area (Å²) in [6.07, 6.45) is 53.6. The predicted molar refractivity (Wildman–Crippen MR) is 238 cm³/mol. The average Bonchev–Trinajstić information content (AvgIpc) is 3.19. The molecule has 0 fully saturated rings. The molecule has 0 amide bonds. The summed E-state index contributed by atoms with van der Waals surface area (Å²) in [6, 6.07) is 0. The van der Waals surface area contributed by atoms with Crippen molar-refractivity contribution < 1.29 is 28.6 Å². The van der Waals surface area contributed by atoms with Gasteiger partial charge in [-0.1, -0.05) is 178 Å². The molecule has 0 heterocycles. The van der Waals surface area contributed by atoms with Gasteiger partial charge < -0.3 is 14.2 Å². The van der Waals surface area contributed by atoms with E-state index in [1.54, 1.807) is 0 Å². The topological polar surface area (TPSA) is 78.9 Å². The van der Waals surface area contributed by atoms with Crippen molar-refractivity contribution in [3.63, 3.8) is 0 Å². The summed E-state index contributed by atoms with van der Waals surface area (Å²) < 4.78 is 16.6. The van der Waals surface area contributed by atoms with Crippen LogP contribution in [-0.2, 0) is 28.6 Å². The maximum atomic E-state index is 12.7. The van der Waals surface area contributed by atoms with Gasteiger partial charge in [0.1, 0.15) is 13.2 Å². The quantitative estimate of drug-likeness (QED) is 0.0266. The first-order valence-electron chi connectivity index (χ1n) is 23.3. The van der Waals surface area contributed by atoms with Crippen LogP contribution in [0.4, 0.5) is 0 Å². The van der Waals surface area contributed by atoms with Crippen LogP contribution in [0.25, 0.3) is 0 Å². The van der Waals surface area contributed by atoms with E-state index >= 15 is 0 Å². The second-order valence-corrected chi connectivity index (χ2v) is 15.3. The van der Waals surface area contributed by atoms with E-state index in [4.69, 9.17) is 14.2 Å². The van der Waals surface area contributed by atoms with Crippen molar-refractivity contribution >= 4 is 17.9 Å². The second kappa shape index (κ2) is 44.8. The highest BCUT2D eigenvalue weighted by atomic mass is 16.6. The van der Waals surface area contributed by atoms with Gasteiger partial charge in [0, 0.05) is 19.3 Å². The molecule has 0 aliphatic heterocycles. The Bertz CT molecular complexity index is 1040. The molecule has 1 atom stereocenters. The van der Waals surface area contributed by atoms with E-state index < -0.39 is 6.10 Å². The van der Waals surface area contributed by atoms with E-state index in [0.29, 0.717) is 19.3 Å². The molecule has 0 radical (unpaired) electrons. The number of rotatable bonds is 41. The molecule has 6 nitrogen and oxygen atoms in total. The number of carbonyl (C=O) groups is 3. The fourth-order valence-corrected chi connectivity index (χ4v) is 6.25. The normalized spacial score (nSPS) is 12.6. The van der Waals surface area contributed by atoms with Crippen molar-refractivity contribution in [2.45, 2.75) is 226 Å². The van der Waals surface area contributed by atoms with Crippen molar-refractivity contribution in [2.24, 2.45) is 0 Å². The molecular weight excluding hydrogens is 697 g/mol. The first-order chi connectivity index (χ1) is 27.5. The number of ether oxygens (including phenoxy) is 3. The minimum Gasteiger partial charge on any atom is -0.462 e. The summed E-state index contributed by atoms with van der Waals surface area (Å²) in [5.74, 6) is -0.931. The van der Waals surface area contributed by atoms with E-state index in [2.05, 4.69) is 81.5 Å². The molecule has 322 valence electrons. The van der Waals surface area contributed by atoms with Gasteiger partial charge in [0.2, 0.25) is 0 Å². The summed E-state index contributed by atoms with van der Waals surface area (Å²) in [5, 5.41) is 0. The molecule has 6 heteroatoms. The molecule has 0 aromatic heterocycles. The van der Waals surface area contributed by atoms with Gasteiger partial charge in [0.05, 0.1) is 0 Å². The Labute approximate surface area is 345 Å². The lowest BCUT2D eigenvalue weighted by Crippen LogP contribution is -2.30. The zero-order valence-electron chi connectivity index (χ0n) is 36.6. The molecule has 0 aliphatic rings. The monoisotopic (exact) mass is 783 g/mol. The molecule has 0 saturated carbocycles. The standard InChI is InChI=1S/C50H86O6/c1-4-7-10-13-16-18-20-22-24-25-27-28-30-32-34-37-40-43-49(52)55-46-47(45-54-48(51)42-39-36-15-12-9-6-3)56-50(53)44-41-38-35-33-31-29-26-23-21-19-17-14-11-8-5-2/h7,10,16,18,22-24,26-28,47H,4-6,8-9,11-15,17,19-21,25,29-46H2,1-3H3/b10-7-,18-16-,24-22-,26-23-,28-27-. The van der Waals surface area contributed by atoms with Crippen LogP contribution < -0.4 is 0 Å². The highest BCUT2D eigenvalue weighted by Crippen LogP contribution is 2.13. The number of hydrogen-bond donors (Lipinski definition) is 0. The van der Waals surface area contributed by atoms with E-state index in [9.17, 15) is 14.4 Å². The Morgan fingerprint density at radius 3 is 1.11 bits per heavy atom. The molecule has 0 aliphatic carbocycles. The first kappa shape index (κ1) is 53.1. The van der Waals surface area contributed by atoms with Gasteiger partial charge >= 0.3 is 17.9 Å². The molecule has 0 aromatic carbocycles. The van der Waals surface area contributed by atoms with Crippen molar-refractivity contribution in [2.75, 3.05) is 13.2 Å². The number of allylic oxidation sites excluding steroid dienone is 10. The average molecular weight is 783 g/mol. The third-order valence-electron chi connectivity index (χ3n) is 9.76. The Morgan fingerprint density at radius 2 is 0.696 bits per heavy atom. The van der Waals surface area contributed by atoms with Gasteiger partial charge in [0.25, 0.3) is 0 Å². The van der Waals surface area contributed by atoms with Gasteiger partial charge in [-0.3, -0.25) is 14.4 Å². The minimum absolute atomic E-state index is 0.0860. The Hall–Kier alpha value is -2.89. The van der Waals surface area contributed by atoms with Crippen LogP contribution in [0, 0.1) is 0 Å². The molecule has 56 heavy (non-hydrogen) atoms. The molecule has 0 aromatic rings. The summed E-state index contributed by atoms with van der Waals surface area (Å²) >= 11 is 0. The van der Waals surface area contributed by atoms with Crippen LogP contribution in [0.1, 0.15) is 220 Å². The van der Waals surface area contributed by atoms with Crippen LogP contribution in [0.2, 0.25) is 0 Å². The highest BCUT2D eigenvalue weighted by Gasteiger charge is 2.19. The summed E-state index contributed by atoms with van der Waals surface area (Å²) in [4.78, 5) is 37.6. The van der Waals surface area contributed by atoms with Gasteiger partial charge in [-0.25, -0.2) is 0 Å². The largest absolute Gasteiger partial charge is 0.462 e. The van der Waals surface area contributed by atoms with E-state index in [0.717, 1.165) is 109 Å². The van der Waals surface area contributed by atoms with E-state index in [1.165, 1.54) is 70.6 Å². The maximum absolute atomic E-state index is 12.7. The highest BCUT2D eigenvalue weighted by molar-refractivity contribution is 5.71. The van der Waals surface area contributed by atoms with Crippen molar-refractivity contribution in [3.8, 4) is 0 Å². The van der Waals surface area contributed by atoms with Crippen LogP contribution >= 0.6 is 0 Å². The lowest BCUT2D eigenvalue weighted by atomic mass is 10.1. The van der Waals surface area contributed by atoms with E-state index in [-0.39, 0.29) is 31.1 Å². The Balaban J connectivity index is 4.32. The van der Waals surface area contributed by atoms with Gasteiger partial charge in [0.15, 0.2) is 6.10 Å². The van der Waals surface area contributed by atoms with Crippen molar-refractivity contribution in [1.29, 1.82) is 0 Å². The predicted octanol–water partition coefficient (Wildman–Crippen LogP) is 14.9. The van der Waals surface area contributed by atoms with Crippen LogP contribution in [0.5, 0.6) is 0 Å². The lowest BCUT2D eigenvalue weighted by molar-refractivity contribution is -0.167. The van der Waals surface area contributed by atoms with Gasteiger partial charge in [-0.2, -0.15) is 0 Å². The van der Waals surface area contributed by atoms with Crippen LogP contribution in [0.15, 0.2) is 60.8 Å². The molecule has 0 spiro atoms. The smallest absolute Gasteiger partial charge is 0.306 e. The summed E-state index contributed by atoms with van der Waals surface area (Å²) in [7, 11) is 0. The number of hydrogen-bond acceptors (Lipinski definition) is 6. The second-order valence-electron chi connectivity index (χ2n) is 15.3. The fraction of sp³-hybridized carbons (Fsp3) is 0.740. The Kier molecular flexibility index (Phi) is 42.5. The first-order valence-corrected chi connectivity index (χ1v) is 23.3. The Morgan fingerprint density at radius 1 is 0.375 bits per heavy atom. The van der Waals surface area contributed by atoms with Crippen molar-refractivity contribution in [1.82, 2.24) is 0 Å². The zero-order chi connectivity index (χ0) is 40.8. The lowest BCUT2D eigenvalue weighted by Gasteiger charge is -2.18. The summed E-state index contributed by atoms with van der Waals surface area (Å²) in [5.41, 5.74) is 0. The third-order valence-corrected chi connectivity index (χ3v) is 9.76. The zero-order valence-corrected chi connectivity index (χ0v) is 36.6. The minimum atomic E-state index is -0.783. The number of esters is 3. The summed E-state index contributed by atoms with van der Waals surface area (Å²) in [6.45, 7) is 6.42. The third kappa shape index (κ3) is 42.3. The van der Waals surface area contributed by atoms with Crippen LogP contribution in [0.3, 0.4) is 0 Å². The molecule has 1 unspecified atom stereocenters.